The van der Waals surface area contributed by atoms with E-state index in [-0.39, 0.29) is 0 Å². The first kappa shape index (κ1) is 16.9. The van der Waals surface area contributed by atoms with Crippen molar-refractivity contribution in [3.05, 3.63) is 108 Å². The number of pyridine rings is 2. The number of aromatic nitrogens is 2. The van der Waals surface area contributed by atoms with Crippen molar-refractivity contribution in [3.8, 4) is 22.5 Å². The van der Waals surface area contributed by atoms with Crippen molar-refractivity contribution in [2.75, 3.05) is 0 Å². The summed E-state index contributed by atoms with van der Waals surface area (Å²) in [5.41, 5.74) is 7.94. The van der Waals surface area contributed by atoms with Crippen LogP contribution < -0.4 is 9.13 Å². The molecule has 0 N–H and O–H groups in total. The fraction of sp³-hybridized carbons (Fsp3) is 0.154. The van der Waals surface area contributed by atoms with E-state index in [1.54, 1.807) is 0 Å². The van der Waals surface area contributed by atoms with Crippen molar-refractivity contribution < 1.29 is 9.13 Å². The van der Waals surface area contributed by atoms with Gasteiger partial charge in [-0.3, -0.25) is 0 Å². The Balaban J connectivity index is 1.82. The molecule has 0 amide bonds. The Hall–Kier alpha value is -3.26. The Labute approximate surface area is 166 Å². The molecule has 1 aliphatic heterocycles. The van der Waals surface area contributed by atoms with Crippen molar-refractivity contribution >= 4 is 0 Å². The average Bonchev–Trinajstić information content (AvgIpc) is 2.76. The van der Waals surface area contributed by atoms with Gasteiger partial charge in [0.05, 0.1) is 0 Å². The van der Waals surface area contributed by atoms with Gasteiger partial charge in [-0.25, -0.2) is 0 Å². The third-order valence-corrected chi connectivity index (χ3v) is 5.73. The van der Waals surface area contributed by atoms with E-state index < -0.39 is 0 Å². The molecular weight excluding hydrogens is 340 g/mol. The Morgan fingerprint density at radius 3 is 1.96 bits per heavy atom. The topological polar surface area (TPSA) is 7.76 Å². The molecule has 136 valence electrons. The van der Waals surface area contributed by atoms with Crippen LogP contribution in [0, 0.1) is 0 Å². The summed E-state index contributed by atoms with van der Waals surface area (Å²) in [5, 5.41) is 0. The van der Waals surface area contributed by atoms with Crippen molar-refractivity contribution in [2.45, 2.75) is 25.9 Å². The van der Waals surface area contributed by atoms with Crippen LogP contribution in [0.4, 0.5) is 0 Å². The van der Waals surface area contributed by atoms with Crippen molar-refractivity contribution in [1.29, 1.82) is 0 Å². The van der Waals surface area contributed by atoms with Crippen molar-refractivity contribution in [2.24, 2.45) is 0 Å². The Morgan fingerprint density at radius 1 is 0.643 bits per heavy atom. The van der Waals surface area contributed by atoms with E-state index in [1.807, 2.05) is 0 Å². The van der Waals surface area contributed by atoms with E-state index in [1.165, 1.54) is 33.6 Å². The minimum absolute atomic E-state index is 0.334. The highest BCUT2D eigenvalue weighted by Crippen LogP contribution is 2.29. The van der Waals surface area contributed by atoms with Gasteiger partial charge in [0.1, 0.15) is 0 Å². The summed E-state index contributed by atoms with van der Waals surface area (Å²) in [5.74, 6) is 0. The lowest BCUT2D eigenvalue weighted by molar-refractivity contribution is -0.785. The standard InChI is InChI=1S/C26H24N2/c1-20-19-27-16-8-6-14-25(27)23-12-4-2-10-21(23)18-22-11-3-5-13-24(22)26-15-7-9-17-28(20)26/h2-17,20H,18-19H2,1H3/q+2. The van der Waals surface area contributed by atoms with Crippen LogP contribution in [0.2, 0.25) is 0 Å². The van der Waals surface area contributed by atoms with Gasteiger partial charge in [0.2, 0.25) is 24.0 Å². The van der Waals surface area contributed by atoms with Gasteiger partial charge in [-0.1, -0.05) is 36.4 Å². The molecule has 0 saturated carbocycles. The highest BCUT2D eigenvalue weighted by Gasteiger charge is 2.27. The van der Waals surface area contributed by atoms with Crippen LogP contribution in [0.25, 0.3) is 22.5 Å². The Bertz CT molecular complexity index is 1150. The molecule has 0 bridgehead atoms. The molecule has 0 radical (unpaired) electrons. The third kappa shape index (κ3) is 2.91. The average molecular weight is 364 g/mol. The molecule has 28 heavy (non-hydrogen) atoms. The second kappa shape index (κ2) is 7.05. The quantitative estimate of drug-likeness (QED) is 0.398. The van der Waals surface area contributed by atoms with Gasteiger partial charge in [-0.05, 0) is 41.8 Å². The van der Waals surface area contributed by atoms with Gasteiger partial charge in [0.25, 0.3) is 0 Å². The molecule has 0 spiro atoms. The second-order valence-electron chi connectivity index (χ2n) is 7.57. The molecule has 1 atom stereocenters. The van der Waals surface area contributed by atoms with Gasteiger partial charge in [0, 0.05) is 42.3 Å². The van der Waals surface area contributed by atoms with Gasteiger partial charge in [0.15, 0.2) is 12.4 Å². The van der Waals surface area contributed by atoms with Gasteiger partial charge < -0.3 is 0 Å². The summed E-state index contributed by atoms with van der Waals surface area (Å²) in [4.78, 5) is 0. The summed E-state index contributed by atoms with van der Waals surface area (Å²) >= 11 is 0. The molecule has 1 aliphatic rings. The predicted molar refractivity (Wildman–Crippen MR) is 112 cm³/mol. The highest BCUT2D eigenvalue weighted by molar-refractivity contribution is 5.66. The van der Waals surface area contributed by atoms with E-state index in [9.17, 15) is 0 Å². The molecule has 2 aromatic heterocycles. The summed E-state index contributed by atoms with van der Waals surface area (Å²) in [7, 11) is 0. The van der Waals surface area contributed by atoms with Crippen LogP contribution in [0.3, 0.4) is 0 Å². The van der Waals surface area contributed by atoms with Crippen LogP contribution in [0.5, 0.6) is 0 Å². The van der Waals surface area contributed by atoms with E-state index >= 15 is 0 Å². The van der Waals surface area contributed by atoms with Crippen LogP contribution in [0.15, 0.2) is 97.3 Å². The Morgan fingerprint density at radius 2 is 1.21 bits per heavy atom. The maximum atomic E-state index is 2.42. The van der Waals surface area contributed by atoms with Crippen LogP contribution >= 0.6 is 0 Å². The normalized spacial score (nSPS) is 15.4. The summed E-state index contributed by atoms with van der Waals surface area (Å²) in [6, 6.07) is 31.0. The maximum absolute atomic E-state index is 2.42. The first-order chi connectivity index (χ1) is 13.8. The van der Waals surface area contributed by atoms with E-state index in [0.29, 0.717) is 6.04 Å². The molecule has 2 heteroatoms. The van der Waals surface area contributed by atoms with Gasteiger partial charge >= 0.3 is 0 Å². The lowest BCUT2D eigenvalue weighted by Crippen LogP contribution is -2.49. The molecule has 3 heterocycles. The first-order valence-electron chi connectivity index (χ1n) is 9.96. The Kier molecular flexibility index (Phi) is 4.25. The van der Waals surface area contributed by atoms with Crippen LogP contribution in [-0.2, 0) is 13.0 Å². The summed E-state index contributed by atoms with van der Waals surface area (Å²) in [6.45, 7) is 3.23. The number of nitrogens with zero attached hydrogens (tertiary/aromatic N) is 2. The number of hydrogen-bond donors (Lipinski definition) is 0. The SMILES string of the molecule is CC1C[n+]2ccccc2-c2ccccc2Cc2ccccc2-c2cccc[n+]21. The zero-order valence-corrected chi connectivity index (χ0v) is 16.1. The molecule has 0 aliphatic carbocycles. The van der Waals surface area contributed by atoms with Gasteiger partial charge in [-0.15, -0.1) is 0 Å². The van der Waals surface area contributed by atoms with Crippen molar-refractivity contribution in [3.63, 3.8) is 0 Å². The van der Waals surface area contributed by atoms with Crippen LogP contribution in [0.1, 0.15) is 24.1 Å². The zero-order valence-electron chi connectivity index (χ0n) is 16.1. The van der Waals surface area contributed by atoms with Crippen molar-refractivity contribution in [1.82, 2.24) is 0 Å². The van der Waals surface area contributed by atoms with E-state index in [4.69, 9.17) is 0 Å². The molecule has 0 saturated heterocycles. The smallest absolute Gasteiger partial charge is 0.191 e. The number of fused-ring (bicyclic) bond motifs is 6. The number of rotatable bonds is 0. The summed E-state index contributed by atoms with van der Waals surface area (Å²) < 4.78 is 4.81. The molecule has 2 nitrogen and oxygen atoms in total. The lowest BCUT2D eigenvalue weighted by atomic mass is 9.93. The largest absolute Gasteiger partial charge is 0.214 e. The predicted octanol–water partition coefficient (Wildman–Crippen LogP) is 4.76. The minimum atomic E-state index is 0.334. The zero-order chi connectivity index (χ0) is 18.9. The molecule has 1 unspecified atom stereocenters. The molecule has 4 aromatic rings. The fourth-order valence-electron chi connectivity index (χ4n) is 4.38. The van der Waals surface area contributed by atoms with Gasteiger partial charge in [-0.2, -0.15) is 9.13 Å². The molecular formula is C26H24N2+2. The van der Waals surface area contributed by atoms with E-state index in [2.05, 4.69) is 113 Å². The maximum Gasteiger partial charge on any atom is 0.214 e. The summed E-state index contributed by atoms with van der Waals surface area (Å²) in [6.07, 6.45) is 5.34. The van der Waals surface area contributed by atoms with E-state index in [0.717, 1.165) is 13.0 Å². The fourth-order valence-corrected chi connectivity index (χ4v) is 4.38. The minimum Gasteiger partial charge on any atom is -0.191 e. The number of hydrogen-bond acceptors (Lipinski definition) is 0. The lowest BCUT2D eigenvalue weighted by Gasteiger charge is -2.11. The number of benzene rings is 2. The third-order valence-electron chi connectivity index (χ3n) is 5.73. The first-order valence-corrected chi connectivity index (χ1v) is 9.96. The molecule has 0 fully saturated rings. The molecule has 5 rings (SSSR count). The second-order valence-corrected chi connectivity index (χ2v) is 7.57. The molecule has 2 aromatic carbocycles. The van der Waals surface area contributed by atoms with Crippen LogP contribution in [-0.4, -0.2) is 0 Å². The monoisotopic (exact) mass is 364 g/mol. The highest BCUT2D eigenvalue weighted by atomic mass is 15.1.